The van der Waals surface area contributed by atoms with E-state index in [0.717, 1.165) is 49.5 Å². The molecule has 0 amide bonds. The van der Waals surface area contributed by atoms with Crippen molar-refractivity contribution in [2.45, 2.75) is 13.8 Å². The molecule has 0 atom stereocenters. The molecular weight excluding hydrogens is 773 g/mol. The molecule has 0 heterocycles. The zero-order valence-corrected chi connectivity index (χ0v) is 35.1. The molecule has 14 rings (SSSR count). The molecule has 12 aromatic carbocycles. The average Bonchev–Trinajstić information content (AvgIpc) is 3.83. The van der Waals surface area contributed by atoms with Crippen molar-refractivity contribution in [1.82, 2.24) is 0 Å². The van der Waals surface area contributed by atoms with Crippen LogP contribution in [0.2, 0.25) is 0 Å². The maximum absolute atomic E-state index is 10.4. The predicted molar refractivity (Wildman–Crippen MR) is 269 cm³/mol. The molecule has 64 heavy (non-hydrogen) atoms. The fraction of sp³-hybridized carbons (Fsp3) is 0.0323. The topological polar surface area (TPSA) is 28.1 Å². The summed E-state index contributed by atoms with van der Waals surface area (Å²) in [7, 11) is 0. The van der Waals surface area contributed by atoms with Gasteiger partial charge in [-0.05, 0) is 210 Å². The van der Waals surface area contributed by atoms with E-state index in [1.807, 2.05) is 12.1 Å². The van der Waals surface area contributed by atoms with Crippen LogP contribution >= 0.6 is 0 Å². The number of rotatable bonds is 2. The first kappa shape index (κ1) is 35.1. The molecule has 292 valence electrons. The van der Waals surface area contributed by atoms with Gasteiger partial charge in [-0.15, -0.1) is 0 Å². The molecule has 2 aliphatic carbocycles. The van der Waals surface area contributed by atoms with E-state index >= 15 is 0 Å². The number of aryl methyl sites for hydroxylation is 2. The summed E-state index contributed by atoms with van der Waals surface area (Å²) in [6.45, 7) is 12.5. The van der Waals surface area contributed by atoms with Gasteiger partial charge in [0.25, 0.3) is 0 Å². The highest BCUT2D eigenvalue weighted by Crippen LogP contribution is 2.61. The van der Waals surface area contributed by atoms with E-state index in [4.69, 9.17) is 6.57 Å². The molecular formula is C62H34N2. The summed E-state index contributed by atoms with van der Waals surface area (Å²) in [5.41, 5.74) is 17.8. The zero-order valence-electron chi connectivity index (χ0n) is 35.1. The van der Waals surface area contributed by atoms with Gasteiger partial charge in [0.05, 0.1) is 18.2 Å². The number of nitriles is 1. The lowest BCUT2D eigenvalue weighted by molar-refractivity contribution is 1.43. The maximum atomic E-state index is 10.4. The quantitative estimate of drug-likeness (QED) is 0.126. The van der Waals surface area contributed by atoms with Crippen LogP contribution < -0.4 is 0 Å². The molecule has 2 nitrogen and oxygen atoms in total. The molecule has 0 aliphatic heterocycles. The predicted octanol–water partition coefficient (Wildman–Crippen LogP) is 17.4. The molecule has 12 aromatic rings. The Kier molecular flexibility index (Phi) is 6.86. The van der Waals surface area contributed by atoms with E-state index in [2.05, 4.69) is 182 Å². The van der Waals surface area contributed by atoms with E-state index in [0.29, 0.717) is 11.3 Å². The van der Waals surface area contributed by atoms with E-state index in [-0.39, 0.29) is 0 Å². The molecule has 0 unspecified atom stereocenters. The molecule has 2 aliphatic rings. The van der Waals surface area contributed by atoms with Crippen LogP contribution in [0.4, 0.5) is 5.69 Å². The van der Waals surface area contributed by atoms with Crippen LogP contribution in [0.3, 0.4) is 0 Å². The minimum atomic E-state index is 0.618. The second kappa shape index (κ2) is 12.5. The van der Waals surface area contributed by atoms with E-state index in [1.54, 1.807) is 0 Å². The van der Waals surface area contributed by atoms with Gasteiger partial charge in [0.2, 0.25) is 0 Å². The number of hydrogen-bond acceptors (Lipinski definition) is 1. The maximum Gasteiger partial charge on any atom is 0.187 e. The summed E-state index contributed by atoms with van der Waals surface area (Å²) in [5.74, 6) is 0. The molecule has 0 radical (unpaired) electrons. The van der Waals surface area contributed by atoms with Gasteiger partial charge < -0.3 is 0 Å². The fourth-order valence-electron chi connectivity index (χ4n) is 11.8. The number of hydrogen-bond donors (Lipinski definition) is 0. The van der Waals surface area contributed by atoms with Gasteiger partial charge in [0, 0.05) is 0 Å². The van der Waals surface area contributed by atoms with E-state index in [9.17, 15) is 5.26 Å². The molecule has 0 N–H and O–H groups in total. The minimum absolute atomic E-state index is 0.618. The van der Waals surface area contributed by atoms with Crippen LogP contribution in [-0.2, 0) is 0 Å². The fourth-order valence-corrected chi connectivity index (χ4v) is 11.8. The van der Waals surface area contributed by atoms with Crippen LogP contribution in [0.25, 0.3) is 147 Å². The Morgan fingerprint density at radius 1 is 0.359 bits per heavy atom. The Labute approximate surface area is 369 Å². The average molecular weight is 807 g/mol. The molecule has 2 heteroatoms. The largest absolute Gasteiger partial charge is 0.238 e. The first-order valence-corrected chi connectivity index (χ1v) is 21.9. The van der Waals surface area contributed by atoms with Crippen LogP contribution in [0, 0.1) is 31.8 Å². The Morgan fingerprint density at radius 2 is 0.922 bits per heavy atom. The standard InChI is InChI=1S/C62H34N2/c1-33-18-20-35(32-63)26-49(33)61-58-46-23-21-38-27-52-45-16-8-14-43-40-12-6-4-10-36(40)28-54(56(43)45)53(52)31-51(38)42(46)24-25-48(58)59(50-30-39(64-3)22-19-34(50)2)62-55-29-37-11-5-7-13-41(37)44-15-9-17-47(57(44)55)60(61)62/h4-31H,1-2H3. The highest BCUT2D eigenvalue weighted by molar-refractivity contribution is 6.35. The number of benzene rings is 12. The molecule has 0 fully saturated rings. The van der Waals surface area contributed by atoms with Gasteiger partial charge >= 0.3 is 0 Å². The Balaban J connectivity index is 1.19. The van der Waals surface area contributed by atoms with Gasteiger partial charge in [-0.1, -0.05) is 127 Å². The van der Waals surface area contributed by atoms with E-state index in [1.165, 1.54) is 104 Å². The highest BCUT2D eigenvalue weighted by Gasteiger charge is 2.33. The summed E-state index contributed by atoms with van der Waals surface area (Å²) >= 11 is 0. The molecule has 0 bridgehead atoms. The second-order valence-electron chi connectivity index (χ2n) is 17.8. The van der Waals surface area contributed by atoms with Crippen molar-refractivity contribution in [2.24, 2.45) is 0 Å². The molecule has 0 saturated carbocycles. The van der Waals surface area contributed by atoms with E-state index < -0.39 is 0 Å². The van der Waals surface area contributed by atoms with Gasteiger partial charge in [-0.3, -0.25) is 0 Å². The Morgan fingerprint density at radius 3 is 1.67 bits per heavy atom. The first-order valence-electron chi connectivity index (χ1n) is 21.9. The van der Waals surface area contributed by atoms with Crippen molar-refractivity contribution < 1.29 is 0 Å². The lowest BCUT2D eigenvalue weighted by atomic mass is 9.79. The van der Waals surface area contributed by atoms with Crippen molar-refractivity contribution in [3.8, 4) is 72.8 Å². The van der Waals surface area contributed by atoms with Gasteiger partial charge in [0.1, 0.15) is 0 Å². The minimum Gasteiger partial charge on any atom is -0.238 e. The SMILES string of the molecule is [C-]#[N+]c1ccc(C)c(-c2c3c(c(-c4cc(C#N)ccc4C)c4c2ccc2c5cc6c(cc5ccc24)-c2cccc4c2c-6cc2ccccc24)-c2cccc4c2c-3cc2ccccc24)c1. The van der Waals surface area contributed by atoms with Crippen LogP contribution in [0.5, 0.6) is 0 Å². The first-order chi connectivity index (χ1) is 31.5. The monoisotopic (exact) mass is 806 g/mol. The summed E-state index contributed by atoms with van der Waals surface area (Å²) < 4.78 is 0. The number of nitrogens with zero attached hydrogens (tertiary/aromatic N) is 2. The summed E-state index contributed by atoms with van der Waals surface area (Å²) in [5, 5.41) is 27.5. The third kappa shape index (κ3) is 4.46. The lowest BCUT2D eigenvalue weighted by Gasteiger charge is -2.24. The van der Waals surface area contributed by atoms with Gasteiger partial charge in [0.15, 0.2) is 5.69 Å². The molecule has 0 saturated heterocycles. The third-order valence-electron chi connectivity index (χ3n) is 14.6. The summed E-state index contributed by atoms with van der Waals surface area (Å²) in [4.78, 5) is 3.96. The van der Waals surface area contributed by atoms with Crippen molar-refractivity contribution in [1.29, 1.82) is 5.26 Å². The molecule has 0 spiro atoms. The zero-order chi connectivity index (χ0) is 42.5. The summed E-state index contributed by atoms with van der Waals surface area (Å²) in [6.07, 6.45) is 0. The second-order valence-corrected chi connectivity index (χ2v) is 17.8. The summed E-state index contributed by atoms with van der Waals surface area (Å²) in [6, 6.07) is 64.7. The van der Waals surface area contributed by atoms with Gasteiger partial charge in [-0.25, -0.2) is 4.85 Å². The van der Waals surface area contributed by atoms with Crippen LogP contribution in [0.1, 0.15) is 16.7 Å². The van der Waals surface area contributed by atoms with Gasteiger partial charge in [-0.2, -0.15) is 5.26 Å². The number of fused-ring (bicyclic) bond motifs is 15. The van der Waals surface area contributed by atoms with Crippen molar-refractivity contribution in [3.05, 3.63) is 198 Å². The normalized spacial score (nSPS) is 12.2. The lowest BCUT2D eigenvalue weighted by Crippen LogP contribution is -1.97. The third-order valence-corrected chi connectivity index (χ3v) is 14.6. The van der Waals surface area contributed by atoms with Crippen molar-refractivity contribution >= 4 is 81.1 Å². The van der Waals surface area contributed by atoms with Crippen LogP contribution in [0.15, 0.2) is 170 Å². The van der Waals surface area contributed by atoms with Crippen molar-refractivity contribution in [3.63, 3.8) is 0 Å². The smallest absolute Gasteiger partial charge is 0.187 e. The van der Waals surface area contributed by atoms with Crippen molar-refractivity contribution in [2.75, 3.05) is 0 Å². The Hall–Kier alpha value is -8.56. The highest BCUT2D eigenvalue weighted by atomic mass is 14.6. The Bertz CT molecular complexity index is 4290. The molecule has 0 aromatic heterocycles. The van der Waals surface area contributed by atoms with Crippen LogP contribution in [-0.4, -0.2) is 0 Å².